The fourth-order valence-electron chi connectivity index (χ4n) is 1.93. The molecule has 1 aromatic rings. The summed E-state index contributed by atoms with van der Waals surface area (Å²) >= 11 is 0. The van der Waals surface area contributed by atoms with Crippen LogP contribution in [0.15, 0.2) is 30.3 Å². The molecule has 0 aliphatic carbocycles. The van der Waals surface area contributed by atoms with Crippen LogP contribution in [0.4, 0.5) is 5.69 Å². The van der Waals surface area contributed by atoms with E-state index in [4.69, 9.17) is 8.85 Å². The predicted molar refractivity (Wildman–Crippen MR) is 79.5 cm³/mol. The van der Waals surface area contributed by atoms with Crippen molar-refractivity contribution >= 4 is 26.2 Å². The van der Waals surface area contributed by atoms with Crippen LogP contribution in [0.25, 0.3) is 0 Å². The summed E-state index contributed by atoms with van der Waals surface area (Å²) in [5, 5.41) is 3.27. The molecule has 6 heteroatoms. The Balaban J connectivity index is 2.42. The summed E-state index contributed by atoms with van der Waals surface area (Å²) in [7, 11) is -2.75. The van der Waals surface area contributed by atoms with E-state index in [9.17, 15) is 9.59 Å². The van der Waals surface area contributed by atoms with E-state index in [0.717, 1.165) is 18.7 Å². The lowest BCUT2D eigenvalue weighted by Crippen LogP contribution is -2.42. The predicted octanol–water partition coefficient (Wildman–Crippen LogP) is 2.69. The summed E-state index contributed by atoms with van der Waals surface area (Å²) in [5.74, 6) is -0.812. The van der Waals surface area contributed by atoms with Gasteiger partial charge in [0.05, 0.1) is 0 Å². The third-order valence-corrected chi connectivity index (χ3v) is 5.33. The first-order valence-electron chi connectivity index (χ1n) is 6.59. The van der Waals surface area contributed by atoms with Gasteiger partial charge in [0.2, 0.25) is 0 Å². The standard InChI is InChI=1S/C14H21NO4Si/c1-12(16)18-20(3,19-13(2)17)11-7-10-15-14-8-5-4-6-9-14/h4-6,8-9,15H,7,10-11H2,1-3H3. The molecule has 0 unspecified atom stereocenters. The van der Waals surface area contributed by atoms with Gasteiger partial charge in [-0.05, 0) is 18.6 Å². The van der Waals surface area contributed by atoms with Gasteiger partial charge in [-0.2, -0.15) is 0 Å². The number of nitrogens with one attached hydrogen (secondary N) is 1. The molecule has 0 spiro atoms. The molecule has 1 aromatic carbocycles. The molecule has 0 bridgehead atoms. The maximum Gasteiger partial charge on any atom is 0.461 e. The van der Waals surface area contributed by atoms with Crippen molar-refractivity contribution in [3.63, 3.8) is 0 Å². The second kappa shape index (κ2) is 7.69. The largest absolute Gasteiger partial charge is 0.485 e. The Hall–Kier alpha value is -1.82. The molecule has 1 N–H and O–H groups in total. The third-order valence-electron chi connectivity index (χ3n) is 2.63. The van der Waals surface area contributed by atoms with Crippen LogP contribution >= 0.6 is 0 Å². The van der Waals surface area contributed by atoms with E-state index in [1.807, 2.05) is 30.3 Å². The van der Waals surface area contributed by atoms with Crippen molar-refractivity contribution in [1.29, 1.82) is 0 Å². The zero-order valence-corrected chi connectivity index (χ0v) is 13.1. The maximum absolute atomic E-state index is 11.1. The lowest BCUT2D eigenvalue weighted by molar-refractivity contribution is -0.138. The van der Waals surface area contributed by atoms with Gasteiger partial charge in [-0.25, -0.2) is 0 Å². The third kappa shape index (κ3) is 6.37. The topological polar surface area (TPSA) is 64.6 Å². The van der Waals surface area contributed by atoms with Crippen LogP contribution in [0.3, 0.4) is 0 Å². The molecule has 1 rings (SSSR count). The van der Waals surface area contributed by atoms with Crippen LogP contribution in [0.5, 0.6) is 0 Å². The number of hydrogen-bond acceptors (Lipinski definition) is 5. The molecule has 0 saturated heterocycles. The van der Waals surface area contributed by atoms with Gasteiger partial charge >= 0.3 is 8.56 Å². The van der Waals surface area contributed by atoms with Crippen LogP contribution < -0.4 is 5.32 Å². The number of carbonyl (C=O) groups excluding carboxylic acids is 2. The molecule has 0 radical (unpaired) electrons. The average Bonchev–Trinajstić information content (AvgIpc) is 2.34. The zero-order valence-electron chi connectivity index (χ0n) is 12.1. The molecular weight excluding hydrogens is 274 g/mol. The van der Waals surface area contributed by atoms with Gasteiger partial charge in [0.15, 0.2) is 0 Å². The summed E-state index contributed by atoms with van der Waals surface area (Å²) in [5.41, 5.74) is 1.04. The van der Waals surface area contributed by atoms with Crippen molar-refractivity contribution in [3.8, 4) is 0 Å². The highest BCUT2D eigenvalue weighted by atomic mass is 28.4. The number of benzene rings is 1. The van der Waals surface area contributed by atoms with Gasteiger partial charge in [-0.1, -0.05) is 18.2 Å². The van der Waals surface area contributed by atoms with Crippen molar-refractivity contribution in [3.05, 3.63) is 30.3 Å². The molecule has 0 atom stereocenters. The van der Waals surface area contributed by atoms with E-state index in [1.165, 1.54) is 13.8 Å². The first-order valence-corrected chi connectivity index (χ1v) is 9.12. The van der Waals surface area contributed by atoms with E-state index >= 15 is 0 Å². The summed E-state index contributed by atoms with van der Waals surface area (Å²) in [4.78, 5) is 22.2. The van der Waals surface area contributed by atoms with Crippen molar-refractivity contribution in [2.24, 2.45) is 0 Å². The lowest BCUT2D eigenvalue weighted by Gasteiger charge is -2.25. The van der Waals surface area contributed by atoms with Gasteiger partial charge in [-0.15, -0.1) is 0 Å². The number of para-hydroxylation sites is 1. The Morgan fingerprint density at radius 3 is 2.15 bits per heavy atom. The summed E-state index contributed by atoms with van der Waals surface area (Å²) in [6, 6.07) is 10.4. The first-order chi connectivity index (χ1) is 9.41. The van der Waals surface area contributed by atoms with Crippen LogP contribution in [0.2, 0.25) is 12.6 Å². The van der Waals surface area contributed by atoms with Crippen molar-refractivity contribution in [2.75, 3.05) is 11.9 Å². The van der Waals surface area contributed by atoms with Crippen LogP contribution in [0, 0.1) is 0 Å². The number of hydrogen-bond donors (Lipinski definition) is 1. The Bertz CT molecular complexity index is 434. The highest BCUT2D eigenvalue weighted by molar-refractivity contribution is 6.69. The fraction of sp³-hybridized carbons (Fsp3) is 0.429. The SMILES string of the molecule is CC(=O)O[Si](C)(CCCNc1ccccc1)OC(C)=O. The summed E-state index contributed by atoms with van der Waals surface area (Å²) < 4.78 is 10.5. The molecule has 0 fully saturated rings. The molecule has 0 heterocycles. The lowest BCUT2D eigenvalue weighted by atomic mass is 10.3. The molecule has 0 amide bonds. The number of anilines is 1. The van der Waals surface area contributed by atoms with Gasteiger partial charge in [0, 0.05) is 38.7 Å². The molecule has 20 heavy (non-hydrogen) atoms. The molecule has 5 nitrogen and oxygen atoms in total. The molecule has 0 aromatic heterocycles. The number of carbonyl (C=O) groups is 2. The zero-order chi connectivity index (χ0) is 15.0. The van der Waals surface area contributed by atoms with Gasteiger partial charge in [0.1, 0.15) is 0 Å². The van der Waals surface area contributed by atoms with E-state index in [2.05, 4.69) is 5.32 Å². The molecule has 0 aliphatic heterocycles. The first kappa shape index (κ1) is 16.2. The quantitative estimate of drug-likeness (QED) is 0.619. The molecule has 0 saturated carbocycles. The Kier molecular flexibility index (Phi) is 6.24. The fourth-order valence-corrected chi connectivity index (χ4v) is 4.21. The Labute approximate surface area is 120 Å². The minimum absolute atomic E-state index is 0.406. The van der Waals surface area contributed by atoms with Crippen molar-refractivity contribution in [2.45, 2.75) is 32.9 Å². The van der Waals surface area contributed by atoms with Gasteiger partial charge < -0.3 is 14.2 Å². The minimum Gasteiger partial charge on any atom is -0.485 e. The molecule has 110 valence electrons. The highest BCUT2D eigenvalue weighted by Gasteiger charge is 2.37. The summed E-state index contributed by atoms with van der Waals surface area (Å²) in [6.07, 6.45) is 0.762. The van der Waals surface area contributed by atoms with Gasteiger partial charge in [0.25, 0.3) is 11.9 Å². The minimum atomic E-state index is -2.75. The smallest absolute Gasteiger partial charge is 0.461 e. The van der Waals surface area contributed by atoms with E-state index in [0.29, 0.717) is 6.04 Å². The van der Waals surface area contributed by atoms with Crippen LogP contribution in [-0.2, 0) is 18.4 Å². The average molecular weight is 295 g/mol. The van der Waals surface area contributed by atoms with Crippen molar-refractivity contribution < 1.29 is 18.4 Å². The highest BCUT2D eigenvalue weighted by Crippen LogP contribution is 2.17. The Morgan fingerprint density at radius 2 is 1.65 bits per heavy atom. The normalized spacial score (nSPS) is 10.8. The van der Waals surface area contributed by atoms with Gasteiger partial charge in [-0.3, -0.25) is 9.59 Å². The second-order valence-electron chi connectivity index (χ2n) is 4.72. The summed E-state index contributed by atoms with van der Waals surface area (Å²) in [6.45, 7) is 5.13. The van der Waals surface area contributed by atoms with E-state index in [1.54, 1.807) is 6.55 Å². The number of rotatable bonds is 7. The van der Waals surface area contributed by atoms with Crippen LogP contribution in [0.1, 0.15) is 20.3 Å². The molecule has 0 aliphatic rings. The monoisotopic (exact) mass is 295 g/mol. The Morgan fingerprint density at radius 1 is 1.10 bits per heavy atom. The van der Waals surface area contributed by atoms with E-state index < -0.39 is 20.5 Å². The molecular formula is C14H21NO4Si. The second-order valence-corrected chi connectivity index (χ2v) is 7.89. The van der Waals surface area contributed by atoms with Crippen molar-refractivity contribution in [1.82, 2.24) is 0 Å². The maximum atomic E-state index is 11.1. The van der Waals surface area contributed by atoms with E-state index in [-0.39, 0.29) is 0 Å². The van der Waals surface area contributed by atoms with Crippen LogP contribution in [-0.4, -0.2) is 27.0 Å².